The highest BCUT2D eigenvalue weighted by Crippen LogP contribution is 2.30. The van der Waals surface area contributed by atoms with Crippen molar-refractivity contribution in [2.45, 2.75) is 52.2 Å². The van der Waals surface area contributed by atoms with Gasteiger partial charge in [-0.1, -0.05) is 50.3 Å². The number of carbonyl (C=O) groups is 2. The van der Waals surface area contributed by atoms with Crippen LogP contribution in [0, 0.1) is 5.41 Å². The largest absolute Gasteiger partial charge is 0.469 e. The summed E-state index contributed by atoms with van der Waals surface area (Å²) in [6, 6.07) is 9.09. The molecule has 0 saturated heterocycles. The summed E-state index contributed by atoms with van der Waals surface area (Å²) >= 11 is 0. The number of hydrogen-bond acceptors (Lipinski definition) is 4. The van der Waals surface area contributed by atoms with Gasteiger partial charge in [0.2, 0.25) is 0 Å². The summed E-state index contributed by atoms with van der Waals surface area (Å²) in [6.45, 7) is 7.97. The molecule has 1 aromatic carbocycles. The summed E-state index contributed by atoms with van der Waals surface area (Å²) in [6.07, 6.45) is 4.13. The van der Waals surface area contributed by atoms with Crippen molar-refractivity contribution in [2.75, 3.05) is 7.11 Å². The number of benzene rings is 1. The van der Waals surface area contributed by atoms with Crippen LogP contribution < -0.4 is 5.32 Å². The van der Waals surface area contributed by atoms with E-state index in [9.17, 15) is 9.59 Å². The fourth-order valence-corrected chi connectivity index (χ4v) is 2.56. The van der Waals surface area contributed by atoms with E-state index in [1.54, 1.807) is 0 Å². The zero-order chi connectivity index (χ0) is 18.7. The highest BCUT2D eigenvalue weighted by atomic mass is 16.5. The van der Waals surface area contributed by atoms with Crippen molar-refractivity contribution < 1.29 is 19.1 Å². The molecule has 1 unspecified atom stereocenters. The molecule has 0 spiro atoms. The number of methoxy groups -OCH3 is 1. The first kappa shape index (κ1) is 20.7. The number of esters is 1. The number of alkyl carbamates (subject to hydrolysis) is 1. The van der Waals surface area contributed by atoms with E-state index in [0.29, 0.717) is 0 Å². The summed E-state index contributed by atoms with van der Waals surface area (Å²) < 4.78 is 10.0. The molecule has 5 nitrogen and oxygen atoms in total. The number of carbonyl (C=O) groups excluding carboxylic acids is 2. The number of allylic oxidation sites excluding steroid dienone is 1. The van der Waals surface area contributed by atoms with E-state index < -0.39 is 6.09 Å². The Morgan fingerprint density at radius 2 is 1.96 bits per heavy atom. The minimum absolute atomic E-state index is 0.109. The summed E-state index contributed by atoms with van der Waals surface area (Å²) in [5.41, 5.74) is 0.635. The Kier molecular flexibility index (Phi) is 8.75. The fraction of sp³-hybridized carbons (Fsp3) is 0.500. The number of rotatable bonds is 10. The van der Waals surface area contributed by atoms with Crippen molar-refractivity contribution in [3.8, 4) is 0 Å². The van der Waals surface area contributed by atoms with Crippen LogP contribution in [0.2, 0.25) is 0 Å². The van der Waals surface area contributed by atoms with Gasteiger partial charge in [-0.05, 0) is 30.2 Å². The monoisotopic (exact) mass is 347 g/mol. The van der Waals surface area contributed by atoms with E-state index >= 15 is 0 Å². The zero-order valence-corrected chi connectivity index (χ0v) is 15.4. The van der Waals surface area contributed by atoms with Gasteiger partial charge in [0, 0.05) is 6.04 Å². The van der Waals surface area contributed by atoms with Crippen LogP contribution >= 0.6 is 0 Å². The highest BCUT2D eigenvalue weighted by molar-refractivity contribution is 5.72. The SMILES string of the molecule is C=CCCCC(C)(C)C(CC(=O)OC)NC(=O)OCc1ccccc1. The number of hydrogen-bond donors (Lipinski definition) is 1. The van der Waals surface area contributed by atoms with E-state index in [-0.39, 0.29) is 30.5 Å². The molecule has 1 aromatic rings. The molecule has 1 atom stereocenters. The topological polar surface area (TPSA) is 64.6 Å². The van der Waals surface area contributed by atoms with E-state index in [2.05, 4.69) is 11.9 Å². The third-order valence-electron chi connectivity index (χ3n) is 4.28. The van der Waals surface area contributed by atoms with Crippen LogP contribution in [0.1, 0.15) is 45.1 Å². The molecule has 0 aromatic heterocycles. The molecule has 0 aliphatic carbocycles. The first-order valence-electron chi connectivity index (χ1n) is 8.54. The maximum Gasteiger partial charge on any atom is 0.407 e. The van der Waals surface area contributed by atoms with Gasteiger partial charge < -0.3 is 14.8 Å². The Balaban J connectivity index is 2.66. The third kappa shape index (κ3) is 7.88. The molecule has 1 N–H and O–H groups in total. The Morgan fingerprint density at radius 1 is 1.28 bits per heavy atom. The van der Waals surface area contributed by atoms with Crippen molar-refractivity contribution in [1.82, 2.24) is 5.32 Å². The van der Waals surface area contributed by atoms with Gasteiger partial charge in [-0.15, -0.1) is 6.58 Å². The predicted octanol–water partition coefficient (Wildman–Crippen LogP) is 4.23. The minimum Gasteiger partial charge on any atom is -0.469 e. The molecule has 0 aliphatic rings. The van der Waals surface area contributed by atoms with Crippen molar-refractivity contribution in [1.29, 1.82) is 0 Å². The maximum atomic E-state index is 12.2. The first-order chi connectivity index (χ1) is 11.9. The van der Waals surface area contributed by atoms with Crippen LogP contribution in [-0.2, 0) is 20.9 Å². The van der Waals surface area contributed by atoms with E-state index in [1.807, 2.05) is 50.3 Å². The quantitative estimate of drug-likeness (QED) is 0.391. The molecule has 0 bridgehead atoms. The molecule has 5 heteroatoms. The van der Waals surface area contributed by atoms with Gasteiger partial charge >= 0.3 is 12.1 Å². The van der Waals surface area contributed by atoms with Crippen molar-refractivity contribution in [2.24, 2.45) is 5.41 Å². The zero-order valence-electron chi connectivity index (χ0n) is 15.4. The maximum absolute atomic E-state index is 12.2. The van der Waals surface area contributed by atoms with Gasteiger partial charge in [-0.25, -0.2) is 4.79 Å². The van der Waals surface area contributed by atoms with Crippen LogP contribution in [0.15, 0.2) is 43.0 Å². The summed E-state index contributed by atoms with van der Waals surface area (Å²) in [5.74, 6) is -0.356. The van der Waals surface area contributed by atoms with Crippen molar-refractivity contribution >= 4 is 12.1 Å². The first-order valence-corrected chi connectivity index (χ1v) is 8.54. The molecular formula is C20H29NO4. The second-order valence-electron chi connectivity index (χ2n) is 6.71. The van der Waals surface area contributed by atoms with Crippen LogP contribution in [0.4, 0.5) is 4.79 Å². The Labute approximate surface area is 150 Å². The average Bonchev–Trinajstić information content (AvgIpc) is 2.60. The molecule has 1 amide bonds. The normalized spacial score (nSPS) is 12.1. The van der Waals surface area contributed by atoms with Gasteiger partial charge in [0.05, 0.1) is 13.5 Å². The van der Waals surface area contributed by atoms with Crippen LogP contribution in [-0.4, -0.2) is 25.2 Å². The molecule has 25 heavy (non-hydrogen) atoms. The lowest BCUT2D eigenvalue weighted by molar-refractivity contribution is -0.141. The Morgan fingerprint density at radius 3 is 2.56 bits per heavy atom. The third-order valence-corrected chi connectivity index (χ3v) is 4.28. The smallest absolute Gasteiger partial charge is 0.407 e. The number of amides is 1. The fourth-order valence-electron chi connectivity index (χ4n) is 2.56. The molecule has 0 aliphatic heterocycles. The van der Waals surface area contributed by atoms with Gasteiger partial charge in [-0.2, -0.15) is 0 Å². The standard InChI is InChI=1S/C20H29NO4/c1-5-6-10-13-20(2,3)17(14-18(22)24-4)21-19(23)25-15-16-11-8-7-9-12-16/h5,7-9,11-12,17H,1,6,10,13-15H2,2-4H3,(H,21,23). The van der Waals surface area contributed by atoms with E-state index in [4.69, 9.17) is 9.47 Å². The molecular weight excluding hydrogens is 318 g/mol. The molecule has 0 radical (unpaired) electrons. The van der Waals surface area contributed by atoms with Crippen LogP contribution in [0.25, 0.3) is 0 Å². The van der Waals surface area contributed by atoms with E-state index in [1.165, 1.54) is 7.11 Å². The van der Waals surface area contributed by atoms with E-state index in [0.717, 1.165) is 24.8 Å². The molecule has 0 fully saturated rings. The van der Waals surface area contributed by atoms with Crippen molar-refractivity contribution in [3.63, 3.8) is 0 Å². The molecule has 0 heterocycles. The van der Waals surface area contributed by atoms with Crippen LogP contribution in [0.5, 0.6) is 0 Å². The predicted molar refractivity (Wildman–Crippen MR) is 98.0 cm³/mol. The summed E-state index contributed by atoms with van der Waals surface area (Å²) in [7, 11) is 1.35. The van der Waals surface area contributed by atoms with Crippen LogP contribution in [0.3, 0.4) is 0 Å². The molecule has 1 rings (SSSR count). The van der Waals surface area contributed by atoms with Gasteiger partial charge in [0.1, 0.15) is 6.61 Å². The van der Waals surface area contributed by atoms with Gasteiger partial charge in [0.15, 0.2) is 0 Å². The van der Waals surface area contributed by atoms with Crippen molar-refractivity contribution in [3.05, 3.63) is 48.6 Å². The second-order valence-corrected chi connectivity index (χ2v) is 6.71. The average molecular weight is 347 g/mol. The second kappa shape index (κ2) is 10.5. The van der Waals surface area contributed by atoms with Gasteiger partial charge in [-0.3, -0.25) is 4.79 Å². The summed E-state index contributed by atoms with van der Waals surface area (Å²) in [4.78, 5) is 23.9. The number of nitrogens with one attached hydrogen (secondary N) is 1. The number of unbranched alkanes of at least 4 members (excludes halogenated alkanes) is 1. The minimum atomic E-state index is -0.533. The van der Waals surface area contributed by atoms with Gasteiger partial charge in [0.25, 0.3) is 0 Å². The Hall–Kier alpha value is -2.30. The Bertz CT molecular complexity index is 554. The summed E-state index contributed by atoms with van der Waals surface area (Å²) in [5, 5.41) is 2.83. The lowest BCUT2D eigenvalue weighted by Crippen LogP contribution is -2.46. The lowest BCUT2D eigenvalue weighted by Gasteiger charge is -2.34. The molecule has 0 saturated carbocycles. The molecule has 138 valence electrons. The number of ether oxygens (including phenoxy) is 2. The lowest BCUT2D eigenvalue weighted by atomic mass is 9.78. The highest BCUT2D eigenvalue weighted by Gasteiger charge is 2.33.